The maximum atomic E-state index is 0. The third-order valence-electron chi connectivity index (χ3n) is 0. The molecule has 0 aromatic heterocycles. The standard InChI is InChI=1S/7BrH.Mn/h7*1H;/q;;;;;;;+7/p-7. The van der Waals surface area contributed by atoms with Crippen molar-refractivity contribution in [2.45, 2.75) is 0 Å². The van der Waals surface area contributed by atoms with Crippen LogP contribution in [0.15, 0.2) is 0 Å². The first-order valence-electron chi connectivity index (χ1n) is 0. The van der Waals surface area contributed by atoms with Gasteiger partial charge in [-0.05, 0) is 0 Å². The zero-order chi connectivity index (χ0) is 0. The maximum Gasteiger partial charge on any atom is 7.00 e. The molecule has 0 spiro atoms. The molecule has 0 amide bonds. The van der Waals surface area contributed by atoms with Crippen molar-refractivity contribution >= 4 is 0 Å². The number of rotatable bonds is 0. The van der Waals surface area contributed by atoms with Crippen molar-refractivity contribution < 1.29 is 136 Å². The summed E-state index contributed by atoms with van der Waals surface area (Å²) in [6.45, 7) is 0. The summed E-state index contributed by atoms with van der Waals surface area (Å²) >= 11 is 0. The first kappa shape index (κ1) is 93.4. The van der Waals surface area contributed by atoms with Crippen molar-refractivity contribution in [1.82, 2.24) is 0 Å². The predicted octanol–water partition coefficient (Wildman–Crippen LogP) is -21.0. The van der Waals surface area contributed by atoms with Gasteiger partial charge >= 0.3 is 17.1 Å². The smallest absolute Gasteiger partial charge is 1.00 e. The Kier molecular flexibility index (Phi) is 824. The van der Waals surface area contributed by atoms with Crippen LogP contribution in [0, 0.1) is 0 Å². The summed E-state index contributed by atoms with van der Waals surface area (Å²) in [6.07, 6.45) is 0. The van der Waals surface area contributed by atoms with E-state index < -0.39 is 0 Å². The van der Waals surface area contributed by atoms with Crippen LogP contribution in [0.4, 0.5) is 0 Å². The Hall–Kier alpha value is 3.88. The maximum absolute atomic E-state index is 0. The molecule has 8 heteroatoms. The van der Waals surface area contributed by atoms with Gasteiger partial charge in [0.25, 0.3) is 0 Å². The minimum Gasteiger partial charge on any atom is -1.00 e. The molecule has 56 valence electrons. The van der Waals surface area contributed by atoms with E-state index in [4.69, 9.17) is 0 Å². The molecule has 0 bridgehead atoms. The van der Waals surface area contributed by atoms with Crippen molar-refractivity contribution in [2.75, 3.05) is 0 Å². The second-order valence-electron chi connectivity index (χ2n) is 0. The van der Waals surface area contributed by atoms with Gasteiger partial charge in [0.2, 0.25) is 0 Å². The topological polar surface area (TPSA) is 0 Å². The summed E-state index contributed by atoms with van der Waals surface area (Å²) in [5.41, 5.74) is 0. The Morgan fingerprint density at radius 2 is 0.250 bits per heavy atom. The molecule has 0 unspecified atom stereocenters. The fourth-order valence-electron chi connectivity index (χ4n) is 0. The van der Waals surface area contributed by atoms with Crippen LogP contribution in [0.1, 0.15) is 0 Å². The summed E-state index contributed by atoms with van der Waals surface area (Å²) in [5, 5.41) is 0. The third-order valence-corrected chi connectivity index (χ3v) is 0. The van der Waals surface area contributed by atoms with E-state index in [9.17, 15) is 0 Å². The molecule has 0 heterocycles. The van der Waals surface area contributed by atoms with Crippen molar-refractivity contribution in [2.24, 2.45) is 0 Å². The Bertz CT molecular complexity index is 4.35. The average molecular weight is 614 g/mol. The summed E-state index contributed by atoms with van der Waals surface area (Å²) < 4.78 is 0. The van der Waals surface area contributed by atoms with E-state index in [1.165, 1.54) is 0 Å². The number of halogens is 7. The van der Waals surface area contributed by atoms with Gasteiger partial charge in [-0.25, -0.2) is 0 Å². The summed E-state index contributed by atoms with van der Waals surface area (Å²) in [7, 11) is 0. The SMILES string of the molecule is [Br-].[Br-].[Br-].[Br-].[Br-].[Br-].[Br-].[Mn+7]. The van der Waals surface area contributed by atoms with Crippen molar-refractivity contribution in [3.05, 3.63) is 0 Å². The van der Waals surface area contributed by atoms with Gasteiger partial charge < -0.3 is 119 Å². The molecule has 0 radical (unpaired) electrons. The van der Waals surface area contributed by atoms with E-state index in [0.717, 1.165) is 0 Å². The van der Waals surface area contributed by atoms with Crippen molar-refractivity contribution in [3.63, 3.8) is 0 Å². The van der Waals surface area contributed by atoms with E-state index in [1.807, 2.05) is 0 Å². The molecule has 0 saturated carbocycles. The first-order chi connectivity index (χ1) is 0. The Morgan fingerprint density at radius 1 is 0.250 bits per heavy atom. The van der Waals surface area contributed by atoms with Gasteiger partial charge in [-0.3, -0.25) is 0 Å². The Labute approximate surface area is 134 Å². The largest absolute Gasteiger partial charge is 7.00 e. The van der Waals surface area contributed by atoms with Crippen LogP contribution >= 0.6 is 0 Å². The minimum absolute atomic E-state index is 0. The third kappa shape index (κ3) is 51.8. The summed E-state index contributed by atoms with van der Waals surface area (Å²) in [5.74, 6) is 0. The molecule has 0 N–H and O–H groups in total. The second-order valence-corrected chi connectivity index (χ2v) is 0. The van der Waals surface area contributed by atoms with E-state index in [2.05, 4.69) is 0 Å². The number of hydrogen-bond acceptors (Lipinski definition) is 0. The number of hydrogen-bond donors (Lipinski definition) is 0. The zero-order valence-corrected chi connectivity index (χ0v) is 15.3. The Balaban J connectivity index is 0. The zero-order valence-electron chi connectivity index (χ0n) is 3.02. The van der Waals surface area contributed by atoms with Crippen LogP contribution in [0.3, 0.4) is 0 Å². The first-order valence-corrected chi connectivity index (χ1v) is 0. The van der Waals surface area contributed by atoms with Gasteiger partial charge in [0.15, 0.2) is 0 Å². The second kappa shape index (κ2) is 70.6. The Morgan fingerprint density at radius 3 is 0.250 bits per heavy atom. The molecular formula is Br7Mn. The molecule has 0 nitrogen and oxygen atoms in total. The van der Waals surface area contributed by atoms with E-state index in [1.54, 1.807) is 0 Å². The minimum atomic E-state index is 0. The molecule has 0 aliphatic heterocycles. The normalized spacial score (nSPS) is 0. The molecule has 0 rings (SSSR count). The molecule has 0 aliphatic carbocycles. The quantitative estimate of drug-likeness (QED) is 0.238. The van der Waals surface area contributed by atoms with Crippen LogP contribution in [-0.4, -0.2) is 0 Å². The summed E-state index contributed by atoms with van der Waals surface area (Å²) in [6, 6.07) is 0. The van der Waals surface area contributed by atoms with E-state index >= 15 is 0 Å². The molecule has 0 fully saturated rings. The van der Waals surface area contributed by atoms with Gasteiger partial charge in [-0.2, -0.15) is 0 Å². The van der Waals surface area contributed by atoms with Crippen LogP contribution in [0.2, 0.25) is 0 Å². The molecule has 8 heavy (non-hydrogen) atoms. The van der Waals surface area contributed by atoms with Crippen molar-refractivity contribution in [3.8, 4) is 0 Å². The molecule has 0 aromatic rings. The molecule has 0 aromatic carbocycles. The molecular weight excluding hydrogens is 614 g/mol. The monoisotopic (exact) mass is 607 g/mol. The van der Waals surface area contributed by atoms with Crippen LogP contribution in [-0.2, 0) is 17.1 Å². The van der Waals surface area contributed by atoms with Crippen molar-refractivity contribution in [1.29, 1.82) is 0 Å². The van der Waals surface area contributed by atoms with Crippen LogP contribution in [0.25, 0.3) is 0 Å². The van der Waals surface area contributed by atoms with E-state index in [-0.39, 0.29) is 136 Å². The fraction of sp³-hybridized carbons (Fsp3) is 0. The van der Waals surface area contributed by atoms with Crippen LogP contribution in [0.5, 0.6) is 0 Å². The van der Waals surface area contributed by atoms with Gasteiger partial charge in [0.05, 0.1) is 0 Å². The van der Waals surface area contributed by atoms with Gasteiger partial charge in [-0.1, -0.05) is 0 Å². The average Bonchev–Trinajstić information content (AvgIpc) is 0. The summed E-state index contributed by atoms with van der Waals surface area (Å²) in [4.78, 5) is 0. The molecule has 0 atom stereocenters. The predicted molar refractivity (Wildman–Crippen MR) is 0 cm³/mol. The molecule has 0 aliphatic rings. The van der Waals surface area contributed by atoms with Gasteiger partial charge in [-0.15, -0.1) is 0 Å². The van der Waals surface area contributed by atoms with Gasteiger partial charge in [0, 0.05) is 0 Å². The molecule has 0 saturated heterocycles. The van der Waals surface area contributed by atoms with Crippen LogP contribution < -0.4 is 119 Å². The van der Waals surface area contributed by atoms with Gasteiger partial charge in [0.1, 0.15) is 0 Å². The fourth-order valence-corrected chi connectivity index (χ4v) is 0. The van der Waals surface area contributed by atoms with E-state index in [0.29, 0.717) is 0 Å².